The van der Waals surface area contributed by atoms with E-state index in [1.54, 1.807) is 0 Å². The second-order valence-corrected chi connectivity index (χ2v) is 2.96. The van der Waals surface area contributed by atoms with Gasteiger partial charge in [0, 0.05) is 6.20 Å². The van der Waals surface area contributed by atoms with Crippen LogP contribution < -0.4 is 10.6 Å². The highest BCUT2D eigenvalue weighted by Crippen LogP contribution is 2.04. The first-order valence-electron chi connectivity index (χ1n) is 3.99. The summed E-state index contributed by atoms with van der Waals surface area (Å²) in [6.07, 6.45) is 6.41. The molecule has 0 aliphatic heterocycles. The Morgan fingerprint density at radius 2 is 2.36 bits per heavy atom. The maximum Gasteiger partial charge on any atom is 0.0661 e. The third-order valence-corrected chi connectivity index (χ3v) is 2.16. The molecule has 1 heteroatoms. The van der Waals surface area contributed by atoms with E-state index in [2.05, 4.69) is 24.1 Å². The van der Waals surface area contributed by atoms with E-state index in [4.69, 9.17) is 0 Å². The molecule has 11 heavy (non-hydrogen) atoms. The van der Waals surface area contributed by atoms with E-state index in [-0.39, 0.29) is 0 Å². The van der Waals surface area contributed by atoms with Gasteiger partial charge in [0.15, 0.2) is 0 Å². The second kappa shape index (κ2) is 2.50. The minimum absolute atomic E-state index is 1.15. The van der Waals surface area contributed by atoms with E-state index in [0.717, 1.165) is 11.8 Å². The molecule has 0 atom stereocenters. The molecule has 0 radical (unpaired) electrons. The van der Waals surface area contributed by atoms with E-state index in [1.165, 1.54) is 17.2 Å². The van der Waals surface area contributed by atoms with E-state index in [9.17, 15) is 0 Å². The van der Waals surface area contributed by atoms with Gasteiger partial charge in [0.05, 0.1) is 5.35 Å². The molecule has 0 saturated heterocycles. The lowest BCUT2D eigenvalue weighted by Crippen LogP contribution is -2.31. The SMILES string of the molecule is CC1=c2cccnc2=CCC1. The fourth-order valence-electron chi connectivity index (χ4n) is 1.50. The quantitative estimate of drug-likeness (QED) is 0.527. The predicted molar refractivity (Wildman–Crippen MR) is 46.3 cm³/mol. The van der Waals surface area contributed by atoms with Gasteiger partial charge in [-0.1, -0.05) is 17.7 Å². The van der Waals surface area contributed by atoms with Crippen molar-refractivity contribution >= 4 is 11.6 Å². The first kappa shape index (κ1) is 6.59. The fourth-order valence-corrected chi connectivity index (χ4v) is 1.50. The first-order valence-corrected chi connectivity index (χ1v) is 3.99. The molecule has 0 spiro atoms. The Morgan fingerprint density at radius 3 is 3.18 bits per heavy atom. The third kappa shape index (κ3) is 1.07. The van der Waals surface area contributed by atoms with Crippen LogP contribution in [0.15, 0.2) is 18.3 Å². The Hall–Kier alpha value is -1.11. The van der Waals surface area contributed by atoms with Crippen molar-refractivity contribution < 1.29 is 0 Å². The molecule has 1 nitrogen and oxygen atoms in total. The molecule has 2 rings (SSSR count). The lowest BCUT2D eigenvalue weighted by molar-refractivity contribution is 1.03. The zero-order valence-corrected chi connectivity index (χ0v) is 6.67. The van der Waals surface area contributed by atoms with Gasteiger partial charge in [-0.05, 0) is 31.1 Å². The van der Waals surface area contributed by atoms with Crippen LogP contribution in [0.3, 0.4) is 0 Å². The Kier molecular flexibility index (Phi) is 1.50. The number of pyridine rings is 1. The maximum atomic E-state index is 4.29. The molecule has 0 aromatic carbocycles. The van der Waals surface area contributed by atoms with Gasteiger partial charge in [0.25, 0.3) is 0 Å². The highest BCUT2D eigenvalue weighted by Gasteiger charge is 1.97. The van der Waals surface area contributed by atoms with Gasteiger partial charge in [-0.15, -0.1) is 0 Å². The lowest BCUT2D eigenvalue weighted by atomic mass is 10.0. The summed E-state index contributed by atoms with van der Waals surface area (Å²) in [5.41, 5.74) is 1.47. The van der Waals surface area contributed by atoms with Gasteiger partial charge in [-0.2, -0.15) is 0 Å². The summed E-state index contributed by atoms with van der Waals surface area (Å²) < 4.78 is 0. The average molecular weight is 145 g/mol. The molecule has 1 aromatic heterocycles. The Morgan fingerprint density at radius 1 is 1.45 bits per heavy atom. The minimum atomic E-state index is 1.15. The summed E-state index contributed by atoms with van der Waals surface area (Å²) in [7, 11) is 0. The van der Waals surface area contributed by atoms with Crippen molar-refractivity contribution in [2.24, 2.45) is 0 Å². The first-order chi connectivity index (χ1) is 5.38. The molecule has 1 aromatic rings. The summed E-state index contributed by atoms with van der Waals surface area (Å²) in [5.74, 6) is 0. The predicted octanol–water partition coefficient (Wildman–Crippen LogP) is 0.827. The van der Waals surface area contributed by atoms with Crippen LogP contribution in [0.2, 0.25) is 0 Å². The van der Waals surface area contributed by atoms with E-state index >= 15 is 0 Å². The Bertz CT molecular complexity index is 376. The molecule has 0 unspecified atom stereocenters. The van der Waals surface area contributed by atoms with Crippen molar-refractivity contribution in [1.82, 2.24) is 4.98 Å². The van der Waals surface area contributed by atoms with Crippen molar-refractivity contribution in [3.8, 4) is 0 Å². The van der Waals surface area contributed by atoms with Gasteiger partial charge in [-0.3, -0.25) is 4.98 Å². The van der Waals surface area contributed by atoms with Crippen LogP contribution in [0.1, 0.15) is 19.8 Å². The Balaban J connectivity index is 2.89. The summed E-state index contributed by atoms with van der Waals surface area (Å²) in [6, 6.07) is 4.15. The minimum Gasteiger partial charge on any atom is -0.257 e. The number of aromatic nitrogens is 1. The molecular weight excluding hydrogens is 134 g/mol. The lowest BCUT2D eigenvalue weighted by Gasteiger charge is -2.03. The number of hydrogen-bond acceptors (Lipinski definition) is 1. The second-order valence-electron chi connectivity index (χ2n) is 2.96. The topological polar surface area (TPSA) is 12.9 Å². The Labute approximate surface area is 66.1 Å². The molecule has 0 saturated carbocycles. The summed E-state index contributed by atoms with van der Waals surface area (Å²) >= 11 is 0. The maximum absolute atomic E-state index is 4.29. The normalized spacial score (nSPS) is 15.5. The molecular formula is C10H11N. The smallest absolute Gasteiger partial charge is 0.0661 e. The van der Waals surface area contributed by atoms with Crippen LogP contribution in [0.25, 0.3) is 11.6 Å². The van der Waals surface area contributed by atoms with E-state index < -0.39 is 0 Å². The molecule has 0 N–H and O–H groups in total. The number of fused-ring (bicyclic) bond motifs is 1. The van der Waals surface area contributed by atoms with Crippen LogP contribution in [-0.4, -0.2) is 4.98 Å². The average Bonchev–Trinajstić information content (AvgIpc) is 2.06. The fraction of sp³-hybridized carbons (Fsp3) is 0.300. The molecule has 0 amide bonds. The molecule has 1 aliphatic rings. The van der Waals surface area contributed by atoms with Crippen LogP contribution in [0, 0.1) is 0 Å². The van der Waals surface area contributed by atoms with Crippen molar-refractivity contribution in [2.45, 2.75) is 19.8 Å². The number of hydrogen-bond donors (Lipinski definition) is 0. The largest absolute Gasteiger partial charge is 0.257 e. The van der Waals surface area contributed by atoms with Gasteiger partial charge in [-0.25, -0.2) is 0 Å². The van der Waals surface area contributed by atoms with E-state index in [1.807, 2.05) is 12.3 Å². The van der Waals surface area contributed by atoms with Gasteiger partial charge >= 0.3 is 0 Å². The van der Waals surface area contributed by atoms with Gasteiger partial charge in [0.2, 0.25) is 0 Å². The number of nitrogens with zero attached hydrogens (tertiary/aromatic N) is 1. The summed E-state index contributed by atoms with van der Waals surface area (Å²) in [5, 5.41) is 2.50. The third-order valence-electron chi connectivity index (χ3n) is 2.16. The van der Waals surface area contributed by atoms with Gasteiger partial charge < -0.3 is 0 Å². The molecule has 1 heterocycles. The highest BCUT2D eigenvalue weighted by atomic mass is 14.6. The molecule has 56 valence electrons. The summed E-state index contributed by atoms with van der Waals surface area (Å²) in [4.78, 5) is 4.29. The molecule has 1 aliphatic carbocycles. The zero-order valence-electron chi connectivity index (χ0n) is 6.67. The standard InChI is InChI=1S/C10H11N/c1-8-4-2-6-10-9(8)5-3-7-11-10/h3,5-7H,2,4H2,1H3. The van der Waals surface area contributed by atoms with Crippen LogP contribution in [0.4, 0.5) is 0 Å². The van der Waals surface area contributed by atoms with Crippen molar-refractivity contribution in [2.75, 3.05) is 0 Å². The van der Waals surface area contributed by atoms with Crippen molar-refractivity contribution in [1.29, 1.82) is 0 Å². The monoisotopic (exact) mass is 145 g/mol. The number of rotatable bonds is 0. The van der Waals surface area contributed by atoms with Crippen LogP contribution in [0.5, 0.6) is 0 Å². The summed E-state index contributed by atoms with van der Waals surface area (Å²) in [6.45, 7) is 2.19. The van der Waals surface area contributed by atoms with Crippen molar-refractivity contribution in [3.63, 3.8) is 0 Å². The van der Waals surface area contributed by atoms with E-state index in [0.29, 0.717) is 0 Å². The zero-order chi connectivity index (χ0) is 7.68. The van der Waals surface area contributed by atoms with Crippen molar-refractivity contribution in [3.05, 3.63) is 28.9 Å². The van der Waals surface area contributed by atoms with Gasteiger partial charge in [0.1, 0.15) is 0 Å². The highest BCUT2D eigenvalue weighted by molar-refractivity contribution is 5.47. The molecule has 0 bridgehead atoms. The van der Waals surface area contributed by atoms with Crippen LogP contribution in [-0.2, 0) is 0 Å². The molecule has 0 fully saturated rings. The van der Waals surface area contributed by atoms with Crippen LogP contribution >= 0.6 is 0 Å².